The molecule has 2 heterocycles. The van der Waals surface area contributed by atoms with E-state index in [1.807, 2.05) is 30.3 Å². The molecule has 4 atom stereocenters. The number of benzene rings is 2. The third-order valence-electron chi connectivity index (χ3n) is 7.64. The van der Waals surface area contributed by atoms with Crippen LogP contribution in [0.15, 0.2) is 48.5 Å². The quantitative estimate of drug-likeness (QED) is 0.500. The Morgan fingerprint density at radius 2 is 1.78 bits per heavy atom. The van der Waals surface area contributed by atoms with Crippen LogP contribution < -0.4 is 0 Å². The lowest BCUT2D eigenvalue weighted by molar-refractivity contribution is -0.143. The highest BCUT2D eigenvalue weighted by atomic mass is 35.5. The Bertz CT molecular complexity index is 1140. The van der Waals surface area contributed by atoms with Gasteiger partial charge in [-0.2, -0.15) is 5.26 Å². The monoisotopic (exact) mass is 543 g/mol. The Labute approximate surface area is 229 Å². The number of hydrogen-bond acceptors (Lipinski definition) is 5. The second kappa shape index (κ2) is 11.3. The van der Waals surface area contributed by atoms with Crippen LogP contribution >= 0.6 is 23.2 Å². The first-order valence-electron chi connectivity index (χ1n) is 12.8. The van der Waals surface area contributed by atoms with Gasteiger partial charge in [0.25, 0.3) is 0 Å². The van der Waals surface area contributed by atoms with E-state index in [-0.39, 0.29) is 11.5 Å². The lowest BCUT2D eigenvalue weighted by Crippen LogP contribution is -2.50. The standard InChI is InChI=1S/C29H35Cl2N3O3/c1-28(2,3)18-24-29(19-32,21-7-9-22(30)10-8-21)25(20-5-4-6-23(31)17-20)26(27(35)36)34(24)12-11-33-13-15-37-16-14-33/h4-10,17,24-26H,11-16,18H2,1-3H3,(H,35,36). The number of carboxylic acid groups (broad SMARTS) is 1. The van der Waals surface area contributed by atoms with E-state index in [4.69, 9.17) is 27.9 Å². The van der Waals surface area contributed by atoms with Crippen LogP contribution in [0.25, 0.3) is 0 Å². The van der Waals surface area contributed by atoms with Crippen LogP contribution in [0.2, 0.25) is 10.0 Å². The molecule has 0 saturated carbocycles. The predicted molar refractivity (Wildman–Crippen MR) is 146 cm³/mol. The molecule has 0 spiro atoms. The summed E-state index contributed by atoms with van der Waals surface area (Å²) >= 11 is 12.7. The summed E-state index contributed by atoms with van der Waals surface area (Å²) in [6.45, 7) is 10.6. The molecule has 4 rings (SSSR count). The van der Waals surface area contributed by atoms with Crippen molar-refractivity contribution in [1.82, 2.24) is 9.80 Å². The van der Waals surface area contributed by atoms with Gasteiger partial charge in [-0.25, -0.2) is 0 Å². The minimum Gasteiger partial charge on any atom is -0.480 e. The van der Waals surface area contributed by atoms with Crippen molar-refractivity contribution in [3.05, 3.63) is 69.7 Å². The number of nitrogens with zero attached hydrogens (tertiary/aromatic N) is 3. The summed E-state index contributed by atoms with van der Waals surface area (Å²) in [6.07, 6.45) is 0.646. The van der Waals surface area contributed by atoms with Crippen molar-refractivity contribution < 1.29 is 14.6 Å². The van der Waals surface area contributed by atoms with Crippen molar-refractivity contribution in [2.75, 3.05) is 39.4 Å². The van der Waals surface area contributed by atoms with Gasteiger partial charge in [-0.1, -0.05) is 68.2 Å². The van der Waals surface area contributed by atoms with E-state index >= 15 is 0 Å². The molecule has 1 N–H and O–H groups in total. The highest BCUT2D eigenvalue weighted by Gasteiger charge is 2.63. The Balaban J connectivity index is 1.92. The largest absolute Gasteiger partial charge is 0.480 e. The minimum atomic E-state index is -1.13. The zero-order chi connectivity index (χ0) is 26.8. The molecule has 198 valence electrons. The fourth-order valence-electron chi connectivity index (χ4n) is 6.07. The molecule has 4 unspecified atom stereocenters. The average Bonchev–Trinajstić information content (AvgIpc) is 3.13. The highest BCUT2D eigenvalue weighted by molar-refractivity contribution is 6.30. The molecule has 0 amide bonds. The summed E-state index contributed by atoms with van der Waals surface area (Å²) in [5.41, 5.74) is 0.252. The van der Waals surface area contributed by atoms with Gasteiger partial charge >= 0.3 is 5.97 Å². The van der Waals surface area contributed by atoms with Crippen LogP contribution in [-0.2, 0) is 14.9 Å². The number of rotatable bonds is 7. The molecule has 37 heavy (non-hydrogen) atoms. The van der Waals surface area contributed by atoms with Crippen molar-refractivity contribution in [2.24, 2.45) is 5.41 Å². The van der Waals surface area contributed by atoms with E-state index < -0.39 is 23.3 Å². The van der Waals surface area contributed by atoms with Crippen LogP contribution in [0.4, 0.5) is 0 Å². The number of nitriles is 1. The number of ether oxygens (including phenoxy) is 1. The number of halogens is 2. The number of hydrogen-bond donors (Lipinski definition) is 1. The Kier molecular flexibility index (Phi) is 8.52. The van der Waals surface area contributed by atoms with E-state index in [9.17, 15) is 15.2 Å². The molecule has 2 aromatic carbocycles. The molecule has 2 aromatic rings. The van der Waals surface area contributed by atoms with Gasteiger partial charge in [0.05, 0.1) is 19.3 Å². The molecular weight excluding hydrogens is 509 g/mol. The van der Waals surface area contributed by atoms with E-state index in [2.05, 4.69) is 36.6 Å². The van der Waals surface area contributed by atoms with Crippen LogP contribution in [0.3, 0.4) is 0 Å². The first-order chi connectivity index (χ1) is 17.6. The SMILES string of the molecule is CC(C)(C)CC1N(CCN2CCOCC2)C(C(=O)O)C(c2cccc(Cl)c2)C1(C#N)c1ccc(Cl)cc1. The average molecular weight is 545 g/mol. The zero-order valence-electron chi connectivity index (χ0n) is 21.7. The molecule has 0 bridgehead atoms. The van der Waals surface area contributed by atoms with Crippen molar-refractivity contribution in [3.8, 4) is 6.07 Å². The lowest BCUT2D eigenvalue weighted by Gasteiger charge is -2.40. The van der Waals surface area contributed by atoms with Gasteiger partial charge in [-0.05, 0) is 47.2 Å². The zero-order valence-corrected chi connectivity index (χ0v) is 23.2. The summed E-state index contributed by atoms with van der Waals surface area (Å²) in [5, 5.41) is 22.9. The van der Waals surface area contributed by atoms with Crippen molar-refractivity contribution in [2.45, 2.75) is 50.6 Å². The second-order valence-corrected chi connectivity index (χ2v) is 12.1. The number of morpholine rings is 1. The molecule has 8 heteroatoms. The fourth-order valence-corrected chi connectivity index (χ4v) is 6.40. The van der Waals surface area contributed by atoms with Gasteiger partial charge in [0.2, 0.25) is 0 Å². The smallest absolute Gasteiger partial charge is 0.321 e. The van der Waals surface area contributed by atoms with Gasteiger partial charge in [0, 0.05) is 48.2 Å². The predicted octanol–water partition coefficient (Wildman–Crippen LogP) is 5.44. The molecule has 2 aliphatic rings. The van der Waals surface area contributed by atoms with Crippen LogP contribution in [-0.4, -0.2) is 72.4 Å². The summed E-state index contributed by atoms with van der Waals surface area (Å²) in [5.74, 6) is -1.57. The van der Waals surface area contributed by atoms with E-state index in [1.54, 1.807) is 18.2 Å². The van der Waals surface area contributed by atoms with E-state index in [0.717, 1.165) is 24.2 Å². The third-order valence-corrected chi connectivity index (χ3v) is 8.13. The number of aliphatic carboxylic acids is 1. The van der Waals surface area contributed by atoms with Gasteiger partial charge < -0.3 is 9.84 Å². The summed E-state index contributed by atoms with van der Waals surface area (Å²) < 4.78 is 5.51. The first kappa shape index (κ1) is 27.9. The summed E-state index contributed by atoms with van der Waals surface area (Å²) in [7, 11) is 0. The maximum absolute atomic E-state index is 13.1. The number of carboxylic acids is 1. The molecule has 0 aliphatic carbocycles. The van der Waals surface area contributed by atoms with Gasteiger partial charge in [0.15, 0.2) is 0 Å². The van der Waals surface area contributed by atoms with Crippen LogP contribution in [0, 0.1) is 16.7 Å². The Hall–Kier alpha value is -2.14. The van der Waals surface area contributed by atoms with Gasteiger partial charge in [-0.3, -0.25) is 14.6 Å². The topological polar surface area (TPSA) is 76.8 Å². The lowest BCUT2D eigenvalue weighted by atomic mass is 9.63. The molecule has 0 aromatic heterocycles. The van der Waals surface area contributed by atoms with Crippen molar-refractivity contribution in [3.63, 3.8) is 0 Å². The van der Waals surface area contributed by atoms with Crippen molar-refractivity contribution in [1.29, 1.82) is 5.26 Å². The maximum Gasteiger partial charge on any atom is 0.321 e. The first-order valence-corrected chi connectivity index (χ1v) is 13.5. The van der Waals surface area contributed by atoms with Crippen LogP contribution in [0.5, 0.6) is 0 Å². The maximum atomic E-state index is 13.1. The fraction of sp³-hybridized carbons (Fsp3) is 0.517. The van der Waals surface area contributed by atoms with Crippen LogP contribution in [0.1, 0.15) is 44.2 Å². The Morgan fingerprint density at radius 1 is 1.11 bits per heavy atom. The molecule has 2 fully saturated rings. The Morgan fingerprint density at radius 3 is 2.35 bits per heavy atom. The van der Waals surface area contributed by atoms with E-state index in [1.165, 1.54) is 0 Å². The molecule has 6 nitrogen and oxygen atoms in total. The number of carbonyl (C=O) groups is 1. The minimum absolute atomic E-state index is 0.150. The highest BCUT2D eigenvalue weighted by Crippen LogP contribution is 2.55. The summed E-state index contributed by atoms with van der Waals surface area (Å²) in [4.78, 5) is 17.5. The van der Waals surface area contributed by atoms with Gasteiger partial charge in [0.1, 0.15) is 11.5 Å². The van der Waals surface area contributed by atoms with Gasteiger partial charge in [-0.15, -0.1) is 0 Å². The second-order valence-electron chi connectivity index (χ2n) is 11.3. The third kappa shape index (κ3) is 5.82. The molecule has 2 saturated heterocycles. The van der Waals surface area contributed by atoms with E-state index in [0.29, 0.717) is 42.8 Å². The normalized spacial score (nSPS) is 27.2. The number of likely N-dealkylation sites (tertiary alicyclic amines) is 1. The van der Waals surface area contributed by atoms with Crippen molar-refractivity contribution >= 4 is 29.2 Å². The molecule has 0 radical (unpaired) electrons. The molecule has 2 aliphatic heterocycles. The molecular formula is C29H35Cl2N3O3. The summed E-state index contributed by atoms with van der Waals surface area (Å²) in [6, 6.07) is 16.1.